The third-order valence-electron chi connectivity index (χ3n) is 2.63. The Bertz CT molecular complexity index is 601. The van der Waals surface area contributed by atoms with Gasteiger partial charge in [0.25, 0.3) is 0 Å². The normalized spacial score (nSPS) is 13.1. The summed E-state index contributed by atoms with van der Waals surface area (Å²) < 4.78 is 26.6. The Kier molecular flexibility index (Phi) is 4.78. The number of hydrogen-bond donors (Lipinski definition) is 3. The van der Waals surface area contributed by atoms with Crippen LogP contribution in [0.3, 0.4) is 0 Å². The maximum Gasteiger partial charge on any atom is 0.241 e. The van der Waals surface area contributed by atoms with Gasteiger partial charge in [-0.25, -0.2) is 8.42 Å². The molecule has 1 aromatic carbocycles. The summed E-state index contributed by atoms with van der Waals surface area (Å²) in [6.45, 7) is 3.02. The van der Waals surface area contributed by atoms with Crippen LogP contribution in [0.25, 0.3) is 0 Å². The number of hydrogen-bond acceptors (Lipinski definition) is 4. The molecule has 6 nitrogen and oxygen atoms in total. The fraction of sp³-hybridized carbons (Fsp3) is 0.364. The fourth-order valence-corrected chi connectivity index (χ4v) is 3.31. The molecule has 106 valence electrons. The Labute approximate surface area is 117 Å². The SMILES string of the molecule is CNC(=O)C(C)NS(=O)(=O)c1cc(Cl)cc(N)c1C. The summed E-state index contributed by atoms with van der Waals surface area (Å²) in [5.74, 6) is -0.434. The predicted molar refractivity (Wildman–Crippen MR) is 74.5 cm³/mol. The molecule has 1 aromatic rings. The van der Waals surface area contributed by atoms with E-state index in [0.29, 0.717) is 5.56 Å². The molecule has 1 rings (SSSR count). The molecule has 0 heterocycles. The smallest absolute Gasteiger partial charge is 0.241 e. The largest absolute Gasteiger partial charge is 0.398 e. The number of carbonyl (C=O) groups excluding carboxylic acids is 1. The van der Waals surface area contributed by atoms with E-state index in [0.717, 1.165) is 0 Å². The predicted octanol–water partition coefficient (Wildman–Crippen LogP) is 0.643. The first-order valence-corrected chi connectivity index (χ1v) is 7.34. The van der Waals surface area contributed by atoms with Crippen molar-refractivity contribution in [2.45, 2.75) is 24.8 Å². The zero-order valence-electron chi connectivity index (χ0n) is 10.8. The fourth-order valence-electron chi connectivity index (χ4n) is 1.52. The van der Waals surface area contributed by atoms with E-state index in [2.05, 4.69) is 10.0 Å². The maximum atomic E-state index is 12.2. The molecule has 4 N–H and O–H groups in total. The molecule has 0 aromatic heterocycles. The van der Waals surface area contributed by atoms with E-state index in [1.807, 2.05) is 0 Å². The molecule has 0 aliphatic carbocycles. The van der Waals surface area contributed by atoms with E-state index in [1.54, 1.807) is 6.92 Å². The van der Waals surface area contributed by atoms with Gasteiger partial charge in [0.1, 0.15) is 0 Å². The zero-order valence-corrected chi connectivity index (χ0v) is 12.4. The van der Waals surface area contributed by atoms with E-state index in [-0.39, 0.29) is 15.6 Å². The van der Waals surface area contributed by atoms with Gasteiger partial charge in [-0.2, -0.15) is 4.72 Å². The molecule has 1 unspecified atom stereocenters. The summed E-state index contributed by atoms with van der Waals surface area (Å²) in [6.07, 6.45) is 0. The van der Waals surface area contributed by atoms with Gasteiger partial charge in [-0.3, -0.25) is 4.79 Å². The van der Waals surface area contributed by atoms with Crippen LogP contribution in [-0.2, 0) is 14.8 Å². The number of amides is 1. The number of nitrogen functional groups attached to an aromatic ring is 1. The van der Waals surface area contributed by atoms with Crippen LogP contribution in [0.2, 0.25) is 5.02 Å². The van der Waals surface area contributed by atoms with Crippen LogP contribution in [0.15, 0.2) is 17.0 Å². The standard InChI is InChI=1S/C11H16ClN3O3S/c1-6-9(13)4-8(12)5-10(6)19(17,18)15-7(2)11(16)14-3/h4-5,7,15H,13H2,1-3H3,(H,14,16). The van der Waals surface area contributed by atoms with Gasteiger partial charge in [0.15, 0.2) is 0 Å². The van der Waals surface area contributed by atoms with Crippen molar-refractivity contribution in [3.8, 4) is 0 Å². The molecule has 0 aliphatic rings. The van der Waals surface area contributed by atoms with E-state index in [9.17, 15) is 13.2 Å². The number of rotatable bonds is 4. The number of nitrogens with one attached hydrogen (secondary N) is 2. The molecule has 0 radical (unpaired) electrons. The molecule has 19 heavy (non-hydrogen) atoms. The highest BCUT2D eigenvalue weighted by atomic mass is 35.5. The van der Waals surface area contributed by atoms with Gasteiger partial charge in [0.05, 0.1) is 10.9 Å². The van der Waals surface area contributed by atoms with Gasteiger partial charge >= 0.3 is 0 Å². The molecule has 0 fully saturated rings. The quantitative estimate of drug-likeness (QED) is 0.711. The lowest BCUT2D eigenvalue weighted by molar-refractivity contribution is -0.121. The summed E-state index contributed by atoms with van der Waals surface area (Å²) in [7, 11) is -2.44. The van der Waals surface area contributed by atoms with Crippen molar-refractivity contribution in [2.75, 3.05) is 12.8 Å². The lowest BCUT2D eigenvalue weighted by Crippen LogP contribution is -2.43. The van der Waals surface area contributed by atoms with Crippen LogP contribution >= 0.6 is 11.6 Å². The molecule has 0 saturated heterocycles. The highest BCUT2D eigenvalue weighted by molar-refractivity contribution is 7.89. The highest BCUT2D eigenvalue weighted by Gasteiger charge is 2.24. The van der Waals surface area contributed by atoms with Gasteiger partial charge in [0, 0.05) is 17.8 Å². The second-order valence-electron chi connectivity index (χ2n) is 4.08. The summed E-state index contributed by atoms with van der Waals surface area (Å²) in [4.78, 5) is 11.3. The average molecular weight is 306 g/mol. The number of carbonyl (C=O) groups is 1. The van der Waals surface area contributed by atoms with Crippen LogP contribution in [0.4, 0.5) is 5.69 Å². The topological polar surface area (TPSA) is 101 Å². The van der Waals surface area contributed by atoms with Crippen molar-refractivity contribution in [3.63, 3.8) is 0 Å². The van der Waals surface area contributed by atoms with E-state index < -0.39 is 22.0 Å². The summed E-state index contributed by atoms with van der Waals surface area (Å²) in [5, 5.41) is 2.58. The minimum atomic E-state index is -3.87. The molecule has 0 saturated carbocycles. The van der Waals surface area contributed by atoms with Crippen LogP contribution in [0.5, 0.6) is 0 Å². The second-order valence-corrected chi connectivity index (χ2v) is 6.19. The van der Waals surface area contributed by atoms with Crippen molar-refractivity contribution < 1.29 is 13.2 Å². The van der Waals surface area contributed by atoms with Crippen molar-refractivity contribution in [1.29, 1.82) is 0 Å². The number of halogens is 1. The van der Waals surface area contributed by atoms with Crippen LogP contribution in [0, 0.1) is 6.92 Å². The minimum absolute atomic E-state index is 0.0340. The zero-order chi connectivity index (χ0) is 14.8. The summed E-state index contributed by atoms with van der Waals surface area (Å²) in [5.41, 5.74) is 6.35. The third kappa shape index (κ3) is 3.59. The summed E-state index contributed by atoms with van der Waals surface area (Å²) >= 11 is 5.80. The number of anilines is 1. The Balaban J connectivity index is 3.18. The molecular weight excluding hydrogens is 290 g/mol. The Morgan fingerprint density at radius 2 is 2.00 bits per heavy atom. The molecule has 0 aliphatic heterocycles. The molecule has 1 amide bonds. The van der Waals surface area contributed by atoms with Crippen molar-refractivity contribution in [2.24, 2.45) is 0 Å². The average Bonchev–Trinajstić information content (AvgIpc) is 2.31. The Morgan fingerprint density at radius 1 is 1.42 bits per heavy atom. The lowest BCUT2D eigenvalue weighted by Gasteiger charge is -2.15. The van der Waals surface area contributed by atoms with Crippen molar-refractivity contribution in [1.82, 2.24) is 10.0 Å². The first-order valence-electron chi connectivity index (χ1n) is 5.48. The van der Waals surface area contributed by atoms with Crippen LogP contribution in [-0.4, -0.2) is 27.4 Å². The minimum Gasteiger partial charge on any atom is -0.398 e. The summed E-state index contributed by atoms with van der Waals surface area (Å²) in [6, 6.07) is 1.87. The number of benzene rings is 1. The van der Waals surface area contributed by atoms with E-state index >= 15 is 0 Å². The van der Waals surface area contributed by atoms with Gasteiger partial charge in [0.2, 0.25) is 15.9 Å². The number of nitrogens with two attached hydrogens (primary N) is 1. The van der Waals surface area contributed by atoms with Crippen LogP contribution < -0.4 is 15.8 Å². The van der Waals surface area contributed by atoms with E-state index in [4.69, 9.17) is 17.3 Å². The number of sulfonamides is 1. The molecule has 1 atom stereocenters. The third-order valence-corrected chi connectivity index (χ3v) is 4.51. The second kappa shape index (κ2) is 5.77. The van der Waals surface area contributed by atoms with Gasteiger partial charge in [-0.05, 0) is 31.5 Å². The molecule has 0 spiro atoms. The Morgan fingerprint density at radius 3 is 2.53 bits per heavy atom. The monoisotopic (exact) mass is 305 g/mol. The van der Waals surface area contributed by atoms with Crippen molar-refractivity contribution in [3.05, 3.63) is 22.7 Å². The van der Waals surface area contributed by atoms with Gasteiger partial charge in [-0.15, -0.1) is 0 Å². The highest BCUT2D eigenvalue weighted by Crippen LogP contribution is 2.25. The lowest BCUT2D eigenvalue weighted by atomic mass is 10.2. The molecular formula is C11H16ClN3O3S. The van der Waals surface area contributed by atoms with Crippen LogP contribution in [0.1, 0.15) is 12.5 Å². The maximum absolute atomic E-state index is 12.2. The first-order chi connectivity index (χ1) is 8.69. The number of likely N-dealkylation sites (N-methyl/N-ethyl adjacent to an activating group) is 1. The molecule has 0 bridgehead atoms. The Hall–Kier alpha value is -1.31. The van der Waals surface area contributed by atoms with E-state index in [1.165, 1.54) is 26.1 Å². The van der Waals surface area contributed by atoms with Gasteiger partial charge in [-0.1, -0.05) is 11.6 Å². The molecule has 8 heteroatoms. The van der Waals surface area contributed by atoms with Gasteiger partial charge < -0.3 is 11.1 Å². The first kappa shape index (κ1) is 15.7. The van der Waals surface area contributed by atoms with Crippen molar-refractivity contribution >= 4 is 33.2 Å².